The van der Waals surface area contributed by atoms with Gasteiger partial charge in [0.25, 0.3) is 0 Å². The minimum Gasteiger partial charge on any atom is -0.256 e. The van der Waals surface area contributed by atoms with Crippen LogP contribution in [0, 0.1) is 0 Å². The summed E-state index contributed by atoms with van der Waals surface area (Å²) in [5, 5.41) is 2.63. The standard InChI is InChI=1S/C35H23NS/c1-3-10-24(11-4-1)29-16-8-18-31-32-19-9-17-30(35(32)37-34(29)31)27-15-7-14-26(22-27)28-20-21-33(36-23-28)25-12-5-2-6-13-25/h1-23H. The third-order valence-corrected chi connectivity index (χ3v) is 8.24. The number of nitrogens with zero attached hydrogens (tertiary/aromatic N) is 1. The molecule has 0 N–H and O–H groups in total. The number of hydrogen-bond donors (Lipinski definition) is 0. The maximum atomic E-state index is 4.75. The summed E-state index contributed by atoms with van der Waals surface area (Å²) in [6.45, 7) is 0. The highest BCUT2D eigenvalue weighted by molar-refractivity contribution is 7.26. The van der Waals surface area contributed by atoms with Gasteiger partial charge in [-0.1, -0.05) is 121 Å². The fourth-order valence-electron chi connectivity index (χ4n) is 5.10. The van der Waals surface area contributed by atoms with Crippen molar-refractivity contribution in [3.8, 4) is 44.6 Å². The summed E-state index contributed by atoms with van der Waals surface area (Å²) in [7, 11) is 0. The van der Waals surface area contributed by atoms with Gasteiger partial charge in [-0.15, -0.1) is 11.3 Å². The lowest BCUT2D eigenvalue weighted by Crippen LogP contribution is -1.86. The molecule has 2 heterocycles. The fraction of sp³-hybridized carbons (Fsp3) is 0. The number of benzene rings is 5. The zero-order valence-corrected chi connectivity index (χ0v) is 21.0. The van der Waals surface area contributed by atoms with Crippen LogP contribution in [-0.4, -0.2) is 4.98 Å². The van der Waals surface area contributed by atoms with Crippen LogP contribution in [0.15, 0.2) is 140 Å². The SMILES string of the molecule is c1ccc(-c2ccc(-c3cccc(-c4cccc5c4sc4c(-c6ccccc6)cccc45)c3)cn2)cc1. The third-order valence-electron chi connectivity index (χ3n) is 6.95. The molecular formula is C35H23NS. The molecule has 0 aliphatic heterocycles. The monoisotopic (exact) mass is 489 g/mol. The van der Waals surface area contributed by atoms with Gasteiger partial charge in [0.05, 0.1) is 5.69 Å². The van der Waals surface area contributed by atoms with Gasteiger partial charge in [0.1, 0.15) is 0 Å². The fourth-order valence-corrected chi connectivity index (χ4v) is 6.47. The van der Waals surface area contributed by atoms with E-state index in [0.717, 1.165) is 16.8 Å². The Morgan fingerprint density at radius 3 is 1.62 bits per heavy atom. The Bertz CT molecular complexity index is 1850. The summed E-state index contributed by atoms with van der Waals surface area (Å²) in [6.07, 6.45) is 1.98. The van der Waals surface area contributed by atoms with E-state index in [1.54, 1.807) is 0 Å². The van der Waals surface area contributed by atoms with Gasteiger partial charge in [-0.2, -0.15) is 0 Å². The zero-order valence-electron chi connectivity index (χ0n) is 20.1. The van der Waals surface area contributed by atoms with E-state index in [1.165, 1.54) is 48.0 Å². The first-order valence-corrected chi connectivity index (χ1v) is 13.3. The molecule has 37 heavy (non-hydrogen) atoms. The summed E-state index contributed by atoms with van der Waals surface area (Å²) in [5.41, 5.74) is 9.47. The van der Waals surface area contributed by atoms with Crippen molar-refractivity contribution in [1.82, 2.24) is 4.98 Å². The first-order valence-electron chi connectivity index (χ1n) is 12.5. The predicted octanol–water partition coefficient (Wildman–Crippen LogP) is 10.1. The Labute approximate surface area is 220 Å². The topological polar surface area (TPSA) is 12.9 Å². The molecule has 2 aromatic heterocycles. The van der Waals surface area contributed by atoms with Crippen molar-refractivity contribution in [2.75, 3.05) is 0 Å². The van der Waals surface area contributed by atoms with Gasteiger partial charge in [0.2, 0.25) is 0 Å². The van der Waals surface area contributed by atoms with Crippen molar-refractivity contribution >= 4 is 31.5 Å². The molecule has 7 rings (SSSR count). The van der Waals surface area contributed by atoms with Crippen molar-refractivity contribution in [3.05, 3.63) is 140 Å². The van der Waals surface area contributed by atoms with Crippen LogP contribution in [0.1, 0.15) is 0 Å². The lowest BCUT2D eigenvalue weighted by atomic mass is 9.97. The highest BCUT2D eigenvalue weighted by Crippen LogP contribution is 2.44. The van der Waals surface area contributed by atoms with E-state index in [2.05, 4.69) is 115 Å². The van der Waals surface area contributed by atoms with E-state index in [1.807, 2.05) is 35.7 Å². The van der Waals surface area contributed by atoms with Crippen molar-refractivity contribution in [1.29, 1.82) is 0 Å². The molecule has 7 aromatic rings. The van der Waals surface area contributed by atoms with Crippen molar-refractivity contribution in [2.45, 2.75) is 0 Å². The van der Waals surface area contributed by atoms with Gasteiger partial charge >= 0.3 is 0 Å². The summed E-state index contributed by atoms with van der Waals surface area (Å²) < 4.78 is 2.67. The van der Waals surface area contributed by atoms with E-state index >= 15 is 0 Å². The summed E-state index contributed by atoms with van der Waals surface area (Å²) in [4.78, 5) is 4.75. The van der Waals surface area contributed by atoms with Gasteiger partial charge < -0.3 is 0 Å². The molecule has 0 saturated heterocycles. The number of hydrogen-bond acceptors (Lipinski definition) is 2. The minimum absolute atomic E-state index is 0.991. The second-order valence-corrected chi connectivity index (χ2v) is 10.2. The summed E-state index contributed by atoms with van der Waals surface area (Å²) in [5.74, 6) is 0. The molecule has 0 aliphatic rings. The maximum absolute atomic E-state index is 4.75. The summed E-state index contributed by atoms with van der Waals surface area (Å²) in [6, 6.07) is 47.4. The van der Waals surface area contributed by atoms with Crippen LogP contribution < -0.4 is 0 Å². The van der Waals surface area contributed by atoms with Crippen molar-refractivity contribution in [2.24, 2.45) is 0 Å². The van der Waals surface area contributed by atoms with E-state index in [-0.39, 0.29) is 0 Å². The first kappa shape index (κ1) is 21.7. The molecule has 5 aromatic carbocycles. The Balaban J connectivity index is 1.32. The molecule has 174 valence electrons. The zero-order chi connectivity index (χ0) is 24.6. The van der Waals surface area contributed by atoms with Crippen molar-refractivity contribution in [3.63, 3.8) is 0 Å². The normalized spacial score (nSPS) is 11.2. The molecule has 0 unspecified atom stereocenters. The molecule has 0 spiro atoms. The van der Waals surface area contributed by atoms with Gasteiger partial charge in [0, 0.05) is 37.5 Å². The third kappa shape index (κ3) is 3.92. The van der Waals surface area contributed by atoms with E-state index in [0.29, 0.717) is 0 Å². The maximum Gasteiger partial charge on any atom is 0.0702 e. The number of aromatic nitrogens is 1. The second-order valence-electron chi connectivity index (χ2n) is 9.21. The van der Waals surface area contributed by atoms with Gasteiger partial charge in [-0.05, 0) is 39.9 Å². The Morgan fingerprint density at radius 1 is 0.405 bits per heavy atom. The molecule has 0 aliphatic carbocycles. The lowest BCUT2D eigenvalue weighted by Gasteiger charge is -2.08. The number of fused-ring (bicyclic) bond motifs is 3. The molecule has 0 atom stereocenters. The average Bonchev–Trinajstić information content (AvgIpc) is 3.37. The van der Waals surface area contributed by atoms with Crippen LogP contribution in [0.5, 0.6) is 0 Å². The minimum atomic E-state index is 0.991. The molecule has 0 amide bonds. The number of thiophene rings is 1. The Hall–Kier alpha value is -4.53. The van der Waals surface area contributed by atoms with Crippen LogP contribution in [0.4, 0.5) is 0 Å². The molecular weight excluding hydrogens is 466 g/mol. The Morgan fingerprint density at radius 2 is 0.973 bits per heavy atom. The van der Waals surface area contributed by atoms with Crippen LogP contribution in [0.2, 0.25) is 0 Å². The quantitative estimate of drug-likeness (QED) is 0.240. The second kappa shape index (κ2) is 9.16. The first-order chi connectivity index (χ1) is 18.3. The lowest BCUT2D eigenvalue weighted by molar-refractivity contribution is 1.32. The van der Waals surface area contributed by atoms with Gasteiger partial charge in [0.15, 0.2) is 0 Å². The average molecular weight is 490 g/mol. The smallest absolute Gasteiger partial charge is 0.0702 e. The van der Waals surface area contributed by atoms with Gasteiger partial charge in [-0.25, -0.2) is 0 Å². The molecule has 0 saturated carbocycles. The Kier molecular flexibility index (Phi) is 5.38. The largest absolute Gasteiger partial charge is 0.256 e. The highest BCUT2D eigenvalue weighted by atomic mass is 32.1. The van der Waals surface area contributed by atoms with E-state index < -0.39 is 0 Å². The molecule has 0 bridgehead atoms. The van der Waals surface area contributed by atoms with Crippen molar-refractivity contribution < 1.29 is 0 Å². The molecule has 0 fully saturated rings. The molecule has 2 heteroatoms. The van der Waals surface area contributed by atoms with Gasteiger partial charge in [-0.3, -0.25) is 4.98 Å². The number of pyridine rings is 1. The summed E-state index contributed by atoms with van der Waals surface area (Å²) >= 11 is 1.89. The molecule has 0 radical (unpaired) electrons. The highest BCUT2D eigenvalue weighted by Gasteiger charge is 2.14. The van der Waals surface area contributed by atoms with Crippen LogP contribution in [0.25, 0.3) is 64.8 Å². The van der Waals surface area contributed by atoms with Crippen LogP contribution in [0.3, 0.4) is 0 Å². The van der Waals surface area contributed by atoms with Crippen LogP contribution in [-0.2, 0) is 0 Å². The van der Waals surface area contributed by atoms with Crippen LogP contribution >= 0.6 is 11.3 Å². The molecule has 1 nitrogen and oxygen atoms in total. The van der Waals surface area contributed by atoms with E-state index in [9.17, 15) is 0 Å². The van der Waals surface area contributed by atoms with E-state index in [4.69, 9.17) is 4.98 Å². The predicted molar refractivity (Wildman–Crippen MR) is 159 cm³/mol. The number of rotatable bonds is 4.